The summed E-state index contributed by atoms with van der Waals surface area (Å²) in [5.74, 6) is 1.74. The molecule has 11 rings (SSSR count). The van der Waals surface area contributed by atoms with Crippen LogP contribution in [-0.4, -0.2) is 91.1 Å². The molecule has 3 fully saturated rings. The summed E-state index contributed by atoms with van der Waals surface area (Å²) in [6.07, 6.45) is -1.72. The second-order valence-electron chi connectivity index (χ2n) is 19.9. The van der Waals surface area contributed by atoms with Gasteiger partial charge in [0.25, 0.3) is 11.8 Å². The molecule has 0 atom stereocenters. The molecule has 78 heavy (non-hydrogen) atoms. The molecule has 1 saturated heterocycles. The summed E-state index contributed by atoms with van der Waals surface area (Å²) in [4.78, 5) is 43.1. The predicted octanol–water partition coefficient (Wildman–Crippen LogP) is 9.89. The molecule has 0 unspecified atom stereocenters. The molecule has 2 saturated carbocycles. The summed E-state index contributed by atoms with van der Waals surface area (Å²) in [6, 6.07) is 19.4. The van der Waals surface area contributed by atoms with Gasteiger partial charge in [-0.25, -0.2) is 19.9 Å². The van der Waals surface area contributed by atoms with E-state index in [1.54, 1.807) is 63.0 Å². The molecule has 24 heteroatoms. The second kappa shape index (κ2) is 20.6. The first kappa shape index (κ1) is 55.1. The SMILES string of the molecule is COc1cc(-c2nc(NC(=O)C3(c4ccc5c(c4)OC(F)(F)O5)CC3)ccc2C)cnc1OC.COc1cc(B2OC(C)(C)C(C)(C)O2)cnc1OC.Cc1ccc(NC(=O)C2(c3ccc4c(c3)OC(F)(F)O4)CC2)nc1Cl. The highest BCUT2D eigenvalue weighted by atomic mass is 35.5. The lowest BCUT2D eigenvalue weighted by molar-refractivity contribution is -0.287. The van der Waals surface area contributed by atoms with Gasteiger partial charge in [0.15, 0.2) is 34.5 Å². The average molecular weight is 1100 g/mol. The number of hydrogen-bond donors (Lipinski definition) is 2. The Morgan fingerprint density at radius 1 is 0.577 bits per heavy atom. The monoisotopic (exact) mass is 1100 g/mol. The number of rotatable bonds is 12. The molecule has 5 aliphatic rings. The molecule has 0 bridgehead atoms. The second-order valence-corrected chi connectivity index (χ2v) is 20.3. The molecular formula is C54H54BClF4N6O12. The highest BCUT2D eigenvalue weighted by Crippen LogP contribution is 2.54. The van der Waals surface area contributed by atoms with Gasteiger partial charge in [0.1, 0.15) is 16.8 Å². The van der Waals surface area contributed by atoms with Crippen molar-refractivity contribution in [1.29, 1.82) is 0 Å². The third kappa shape index (κ3) is 11.1. The van der Waals surface area contributed by atoms with Crippen molar-refractivity contribution in [3.8, 4) is 57.5 Å². The molecule has 410 valence electrons. The third-order valence-corrected chi connectivity index (χ3v) is 14.6. The number of halogens is 5. The molecule has 0 radical (unpaired) electrons. The van der Waals surface area contributed by atoms with E-state index >= 15 is 0 Å². The standard InChI is InChI=1S/C24H21F2N3O5.C17H13ClF2N2O3.C13H20BNO4/c1-13-4-7-19(28-20(13)14-10-18(31-2)21(32-3)27-12-14)29-22(30)23(8-9-23)15-5-6-16-17(11-15)34-24(25,26)33-16;1-9-2-5-13(21-14(9)18)22-15(23)16(6-7-16)10-3-4-11-12(8-10)25-17(19,20)24-11;1-12(2)13(3,4)19-14(18-12)9-7-10(16-5)11(17-6)15-8-9/h4-7,10-12H,8-9H2,1-3H3,(H,28,29,30);2-5,8H,6-7H2,1H3,(H,21,22,23);7-8H,1-6H3. The Balaban J connectivity index is 0.000000149. The number of amides is 2. The quantitative estimate of drug-likeness (QED) is 0.0665. The molecule has 2 aliphatic carbocycles. The number of nitrogens with one attached hydrogen (secondary N) is 2. The van der Waals surface area contributed by atoms with Gasteiger partial charge in [0.2, 0.25) is 11.8 Å². The first-order valence-corrected chi connectivity index (χ1v) is 24.8. The molecule has 6 aromatic rings. The van der Waals surface area contributed by atoms with Crippen LogP contribution in [0.15, 0.2) is 85.2 Å². The van der Waals surface area contributed by atoms with Crippen LogP contribution in [0.1, 0.15) is 75.6 Å². The average Bonchev–Trinajstić information content (AvgIpc) is 4.52. The smallest absolute Gasteiger partial charge is 0.491 e. The fourth-order valence-electron chi connectivity index (χ4n) is 8.69. The number of nitrogens with zero attached hydrogens (tertiary/aromatic N) is 4. The minimum absolute atomic E-state index is 0.0445. The van der Waals surface area contributed by atoms with Crippen molar-refractivity contribution < 1.29 is 74.4 Å². The summed E-state index contributed by atoms with van der Waals surface area (Å²) in [5.41, 5.74) is 2.65. The van der Waals surface area contributed by atoms with Crippen LogP contribution >= 0.6 is 11.6 Å². The van der Waals surface area contributed by atoms with Crippen LogP contribution in [0.2, 0.25) is 5.15 Å². The highest BCUT2D eigenvalue weighted by Gasteiger charge is 2.55. The first-order valence-electron chi connectivity index (χ1n) is 24.4. The first-order chi connectivity index (χ1) is 36.8. The number of hydrogen-bond acceptors (Lipinski definition) is 16. The van der Waals surface area contributed by atoms with Gasteiger partial charge in [0.05, 0.1) is 56.2 Å². The Kier molecular flexibility index (Phi) is 14.6. The van der Waals surface area contributed by atoms with E-state index < -0.39 is 30.5 Å². The van der Waals surface area contributed by atoms with Crippen molar-refractivity contribution in [3.63, 3.8) is 0 Å². The number of ether oxygens (including phenoxy) is 8. The summed E-state index contributed by atoms with van der Waals surface area (Å²) < 4.78 is 104. The van der Waals surface area contributed by atoms with Crippen molar-refractivity contribution in [2.24, 2.45) is 0 Å². The third-order valence-electron chi connectivity index (χ3n) is 14.2. The van der Waals surface area contributed by atoms with Gasteiger partial charge in [0, 0.05) is 23.4 Å². The van der Waals surface area contributed by atoms with Gasteiger partial charge in [-0.1, -0.05) is 35.9 Å². The van der Waals surface area contributed by atoms with Crippen LogP contribution in [0.4, 0.5) is 29.2 Å². The lowest BCUT2D eigenvalue weighted by atomic mass is 9.80. The Bertz CT molecular complexity index is 3290. The van der Waals surface area contributed by atoms with E-state index in [9.17, 15) is 27.2 Å². The zero-order valence-corrected chi connectivity index (χ0v) is 44.8. The highest BCUT2D eigenvalue weighted by molar-refractivity contribution is 6.62. The van der Waals surface area contributed by atoms with Gasteiger partial charge in [-0.05, 0) is 138 Å². The number of methoxy groups -OCH3 is 4. The number of alkyl halides is 4. The van der Waals surface area contributed by atoms with Crippen molar-refractivity contribution >= 4 is 47.6 Å². The predicted molar refractivity (Wildman–Crippen MR) is 277 cm³/mol. The number of aryl methyl sites for hydroxylation is 2. The number of carbonyl (C=O) groups is 2. The van der Waals surface area contributed by atoms with E-state index in [4.69, 9.17) is 39.9 Å². The Hall–Kier alpha value is -7.63. The number of pyridine rings is 4. The molecule has 4 aromatic heterocycles. The molecular weight excluding hydrogens is 1050 g/mol. The molecule has 3 aliphatic heterocycles. The van der Waals surface area contributed by atoms with Crippen LogP contribution < -0.4 is 54.0 Å². The van der Waals surface area contributed by atoms with Crippen LogP contribution in [0, 0.1) is 13.8 Å². The molecule has 2 amide bonds. The normalized spacial score (nSPS) is 18.2. The molecule has 2 N–H and O–H groups in total. The Morgan fingerprint density at radius 2 is 1.03 bits per heavy atom. The van der Waals surface area contributed by atoms with E-state index in [1.165, 1.54) is 38.5 Å². The lowest BCUT2D eigenvalue weighted by Crippen LogP contribution is -2.41. The maximum atomic E-state index is 13.4. The van der Waals surface area contributed by atoms with Gasteiger partial charge in [-0.15, -0.1) is 17.6 Å². The maximum absolute atomic E-state index is 13.4. The summed E-state index contributed by atoms with van der Waals surface area (Å²) in [6.45, 7) is 11.8. The summed E-state index contributed by atoms with van der Waals surface area (Å²) in [5, 5.41) is 5.92. The number of benzene rings is 2. The summed E-state index contributed by atoms with van der Waals surface area (Å²) in [7, 11) is 5.71. The number of fused-ring (bicyclic) bond motifs is 2. The van der Waals surface area contributed by atoms with Crippen molar-refractivity contribution in [2.45, 2.75) is 102 Å². The lowest BCUT2D eigenvalue weighted by Gasteiger charge is -2.32. The minimum atomic E-state index is -3.71. The molecule has 7 heterocycles. The topological polar surface area (TPSA) is 202 Å². The molecule has 18 nitrogen and oxygen atoms in total. The number of aromatic nitrogens is 4. The van der Waals surface area contributed by atoms with Crippen molar-refractivity contribution in [2.75, 3.05) is 39.1 Å². The number of carbonyl (C=O) groups excluding carboxylic acids is 2. The Labute approximate surface area is 451 Å². The van der Waals surface area contributed by atoms with Crippen LogP contribution in [0.5, 0.6) is 46.3 Å². The van der Waals surface area contributed by atoms with Crippen LogP contribution in [0.25, 0.3) is 11.3 Å². The van der Waals surface area contributed by atoms with E-state index in [0.29, 0.717) is 88.1 Å². The molecule has 2 aromatic carbocycles. The largest absolute Gasteiger partial charge is 0.586 e. The van der Waals surface area contributed by atoms with Crippen molar-refractivity contribution in [3.05, 3.63) is 113 Å². The van der Waals surface area contributed by atoms with Gasteiger partial charge in [-0.2, -0.15) is 0 Å². The van der Waals surface area contributed by atoms with Crippen LogP contribution in [0.3, 0.4) is 0 Å². The Morgan fingerprint density at radius 3 is 1.49 bits per heavy atom. The maximum Gasteiger partial charge on any atom is 0.586 e. The minimum Gasteiger partial charge on any atom is -0.491 e. The van der Waals surface area contributed by atoms with Crippen molar-refractivity contribution in [1.82, 2.24) is 19.9 Å². The van der Waals surface area contributed by atoms with Gasteiger partial charge < -0.3 is 57.8 Å². The zero-order chi connectivity index (χ0) is 56.2. The van der Waals surface area contributed by atoms with E-state index in [2.05, 4.69) is 49.5 Å². The number of anilines is 2. The zero-order valence-electron chi connectivity index (χ0n) is 44.1. The fourth-order valence-corrected chi connectivity index (χ4v) is 8.84. The van der Waals surface area contributed by atoms with Crippen LogP contribution in [-0.2, 0) is 29.7 Å². The fraction of sp³-hybridized carbons (Fsp3) is 0.370. The molecule has 0 spiro atoms. The van der Waals surface area contributed by atoms with Gasteiger partial charge >= 0.3 is 19.7 Å². The van der Waals surface area contributed by atoms with E-state index in [1.807, 2.05) is 53.7 Å². The van der Waals surface area contributed by atoms with E-state index in [-0.39, 0.29) is 46.0 Å². The van der Waals surface area contributed by atoms with Gasteiger partial charge in [-0.3, -0.25) is 9.59 Å². The van der Waals surface area contributed by atoms with E-state index in [0.717, 1.165) is 16.6 Å². The summed E-state index contributed by atoms with van der Waals surface area (Å²) >= 11 is 5.97.